The van der Waals surface area contributed by atoms with E-state index in [1.165, 1.54) is 16.4 Å². The molecule has 1 atom stereocenters. The molecule has 0 aromatic heterocycles. The van der Waals surface area contributed by atoms with Crippen molar-refractivity contribution in [2.24, 2.45) is 0 Å². The van der Waals surface area contributed by atoms with E-state index in [9.17, 15) is 17.6 Å². The van der Waals surface area contributed by atoms with Crippen molar-refractivity contribution in [3.05, 3.63) is 29.6 Å². The highest BCUT2D eigenvalue weighted by Gasteiger charge is 2.34. The predicted molar refractivity (Wildman–Crippen MR) is 92.1 cm³/mol. The van der Waals surface area contributed by atoms with E-state index < -0.39 is 15.8 Å². The van der Waals surface area contributed by atoms with Crippen LogP contribution in [0.25, 0.3) is 0 Å². The van der Waals surface area contributed by atoms with Crippen LogP contribution in [-0.4, -0.2) is 61.8 Å². The Balaban J connectivity index is 1.64. The molecule has 3 rings (SSSR count). The van der Waals surface area contributed by atoms with Gasteiger partial charge in [-0.1, -0.05) is 6.07 Å². The van der Waals surface area contributed by atoms with E-state index >= 15 is 0 Å². The lowest BCUT2D eigenvalue weighted by molar-refractivity contribution is -0.126. The highest BCUT2D eigenvalue weighted by Crippen LogP contribution is 2.23. The summed E-state index contributed by atoms with van der Waals surface area (Å²) in [7, 11) is -3.73. The summed E-state index contributed by atoms with van der Waals surface area (Å²) in [5.41, 5.74) is 0.529. The van der Waals surface area contributed by atoms with Gasteiger partial charge in [-0.15, -0.1) is 0 Å². The highest BCUT2D eigenvalue weighted by atomic mass is 32.2. The van der Waals surface area contributed by atoms with Gasteiger partial charge in [-0.05, 0) is 44.4 Å². The molecule has 25 heavy (non-hydrogen) atoms. The van der Waals surface area contributed by atoms with Crippen LogP contribution in [0, 0.1) is 12.7 Å². The van der Waals surface area contributed by atoms with Gasteiger partial charge in [0, 0.05) is 32.2 Å². The summed E-state index contributed by atoms with van der Waals surface area (Å²) in [6, 6.07) is 3.84. The summed E-state index contributed by atoms with van der Waals surface area (Å²) in [6.07, 6.45) is 2.08. The topological polar surface area (TPSA) is 69.7 Å². The Morgan fingerprint density at radius 3 is 2.48 bits per heavy atom. The van der Waals surface area contributed by atoms with Crippen molar-refractivity contribution in [1.82, 2.24) is 14.5 Å². The Morgan fingerprint density at radius 1 is 1.24 bits per heavy atom. The number of carbonyl (C=O) groups excluding carboxylic acids is 1. The normalized spacial score (nSPS) is 21.1. The van der Waals surface area contributed by atoms with E-state index in [0.29, 0.717) is 37.8 Å². The number of carbonyl (C=O) groups is 1. The van der Waals surface area contributed by atoms with Gasteiger partial charge in [0.1, 0.15) is 5.82 Å². The second-order valence-electron chi connectivity index (χ2n) is 6.81. The van der Waals surface area contributed by atoms with Crippen molar-refractivity contribution in [3.63, 3.8) is 0 Å². The molecule has 1 unspecified atom stereocenters. The number of hydrogen-bond acceptors (Lipinski definition) is 4. The van der Waals surface area contributed by atoms with Crippen LogP contribution in [0.3, 0.4) is 0 Å². The fraction of sp³-hybridized carbons (Fsp3) is 0.588. The minimum Gasteiger partial charge on any atom is -0.352 e. The Kier molecular flexibility index (Phi) is 5.13. The molecule has 2 aliphatic rings. The number of piperazine rings is 1. The summed E-state index contributed by atoms with van der Waals surface area (Å²) >= 11 is 0. The number of nitrogens with zero attached hydrogens (tertiary/aromatic N) is 2. The maximum atomic E-state index is 13.5. The number of aryl methyl sites for hydroxylation is 1. The first kappa shape index (κ1) is 18.3. The monoisotopic (exact) mass is 369 g/mol. The van der Waals surface area contributed by atoms with Crippen molar-refractivity contribution in [3.8, 4) is 0 Å². The van der Waals surface area contributed by atoms with E-state index in [1.54, 1.807) is 6.92 Å². The van der Waals surface area contributed by atoms with E-state index in [4.69, 9.17) is 0 Å². The molecule has 0 bridgehead atoms. The highest BCUT2D eigenvalue weighted by molar-refractivity contribution is 7.89. The molecule has 0 radical (unpaired) electrons. The molecule has 138 valence electrons. The maximum Gasteiger partial charge on any atom is 0.243 e. The average molecular weight is 369 g/mol. The minimum atomic E-state index is -3.73. The third kappa shape index (κ3) is 4.02. The second-order valence-corrected chi connectivity index (χ2v) is 8.72. The molecule has 1 amide bonds. The van der Waals surface area contributed by atoms with Crippen molar-refractivity contribution in [2.75, 3.05) is 26.2 Å². The van der Waals surface area contributed by atoms with Crippen LogP contribution >= 0.6 is 0 Å². The zero-order chi connectivity index (χ0) is 18.2. The molecule has 8 heteroatoms. The predicted octanol–water partition coefficient (Wildman–Crippen LogP) is 1.11. The fourth-order valence-corrected chi connectivity index (χ4v) is 4.70. The average Bonchev–Trinajstić information content (AvgIpc) is 3.40. The number of nitrogens with one attached hydrogen (secondary N) is 1. The van der Waals surface area contributed by atoms with Gasteiger partial charge < -0.3 is 5.32 Å². The minimum absolute atomic E-state index is 0.000202. The summed E-state index contributed by atoms with van der Waals surface area (Å²) in [4.78, 5) is 14.2. The molecule has 1 aliphatic carbocycles. The number of amides is 1. The molecule has 1 saturated heterocycles. The van der Waals surface area contributed by atoms with Gasteiger partial charge >= 0.3 is 0 Å². The summed E-state index contributed by atoms with van der Waals surface area (Å²) < 4.78 is 40.4. The number of halogens is 1. The number of benzene rings is 1. The second kappa shape index (κ2) is 7.01. The first-order chi connectivity index (χ1) is 11.8. The van der Waals surface area contributed by atoms with Gasteiger partial charge in [0.05, 0.1) is 10.9 Å². The lowest BCUT2D eigenvalue weighted by atomic mass is 10.2. The molecule has 1 N–H and O–H groups in total. The van der Waals surface area contributed by atoms with E-state index in [2.05, 4.69) is 5.32 Å². The van der Waals surface area contributed by atoms with Gasteiger partial charge in [-0.3, -0.25) is 9.69 Å². The van der Waals surface area contributed by atoms with Crippen molar-refractivity contribution in [2.45, 2.75) is 43.7 Å². The molecule has 1 aromatic carbocycles. The summed E-state index contributed by atoms with van der Waals surface area (Å²) in [5, 5.41) is 2.98. The van der Waals surface area contributed by atoms with Gasteiger partial charge in [0.2, 0.25) is 15.9 Å². The molecular weight excluding hydrogens is 345 g/mol. The Morgan fingerprint density at radius 2 is 1.88 bits per heavy atom. The number of hydrogen-bond donors (Lipinski definition) is 1. The van der Waals surface area contributed by atoms with Crippen LogP contribution in [0.4, 0.5) is 4.39 Å². The zero-order valence-corrected chi connectivity index (χ0v) is 15.4. The lowest BCUT2D eigenvalue weighted by Gasteiger charge is -2.36. The first-order valence-electron chi connectivity index (χ1n) is 8.60. The molecule has 0 spiro atoms. The van der Waals surface area contributed by atoms with Crippen LogP contribution < -0.4 is 5.32 Å². The largest absolute Gasteiger partial charge is 0.352 e. The molecule has 1 saturated carbocycles. The smallest absolute Gasteiger partial charge is 0.243 e. The van der Waals surface area contributed by atoms with Crippen LogP contribution in [0.1, 0.15) is 25.3 Å². The third-order valence-corrected chi connectivity index (χ3v) is 6.93. The SMILES string of the molecule is Cc1ccc(F)cc1S(=O)(=O)N1CCN(C(C)C(=O)NC2CC2)CC1. The van der Waals surface area contributed by atoms with Gasteiger partial charge in [0.15, 0.2) is 0 Å². The van der Waals surface area contributed by atoms with Crippen molar-refractivity contribution in [1.29, 1.82) is 0 Å². The summed E-state index contributed by atoms with van der Waals surface area (Å²) in [5.74, 6) is -0.562. The molecule has 1 aromatic rings. The van der Waals surface area contributed by atoms with Gasteiger partial charge in [0.25, 0.3) is 0 Å². The molecule has 6 nitrogen and oxygen atoms in total. The van der Waals surface area contributed by atoms with Crippen LogP contribution in [-0.2, 0) is 14.8 Å². The zero-order valence-electron chi connectivity index (χ0n) is 14.5. The van der Waals surface area contributed by atoms with Crippen molar-refractivity contribution < 1.29 is 17.6 Å². The molecular formula is C17H24FN3O3S. The third-order valence-electron chi connectivity index (χ3n) is 4.89. The van der Waals surface area contributed by atoms with Crippen LogP contribution in [0.2, 0.25) is 0 Å². The Labute approximate surface area is 148 Å². The molecule has 1 aliphatic heterocycles. The van der Waals surface area contributed by atoms with E-state index in [0.717, 1.165) is 18.9 Å². The van der Waals surface area contributed by atoms with Gasteiger partial charge in [-0.2, -0.15) is 4.31 Å². The van der Waals surface area contributed by atoms with Gasteiger partial charge in [-0.25, -0.2) is 12.8 Å². The van der Waals surface area contributed by atoms with Crippen LogP contribution in [0.15, 0.2) is 23.1 Å². The Hall–Kier alpha value is -1.51. The van der Waals surface area contributed by atoms with Crippen molar-refractivity contribution >= 4 is 15.9 Å². The molecule has 1 heterocycles. The first-order valence-corrected chi connectivity index (χ1v) is 10.0. The quantitative estimate of drug-likeness (QED) is 0.844. The van der Waals surface area contributed by atoms with E-state index in [1.807, 2.05) is 11.8 Å². The van der Waals surface area contributed by atoms with E-state index in [-0.39, 0.29) is 16.8 Å². The molecule has 2 fully saturated rings. The van der Waals surface area contributed by atoms with Crippen LogP contribution in [0.5, 0.6) is 0 Å². The maximum absolute atomic E-state index is 13.5. The summed E-state index contributed by atoms with van der Waals surface area (Å²) in [6.45, 7) is 5.05. The lowest BCUT2D eigenvalue weighted by Crippen LogP contribution is -2.55. The number of sulfonamides is 1. The Bertz CT molecular complexity index is 756. The fourth-order valence-electron chi connectivity index (χ4n) is 3.04. The standard InChI is InChI=1S/C17H24FN3O3S/c1-12-3-4-14(18)11-16(12)25(23,24)21-9-7-20(8-10-21)13(2)17(22)19-15-5-6-15/h3-4,11,13,15H,5-10H2,1-2H3,(H,19,22). The number of rotatable bonds is 5.